The number of hydrogen-bond acceptors (Lipinski definition) is 4. The van der Waals surface area contributed by atoms with E-state index in [1.807, 2.05) is 48.5 Å². The lowest BCUT2D eigenvalue weighted by Crippen LogP contribution is -1.95. The Morgan fingerprint density at radius 2 is 1.60 bits per heavy atom. The molecule has 6 nitrogen and oxygen atoms in total. The number of fused-ring (bicyclic) bond motifs is 1. The fourth-order valence-corrected chi connectivity index (χ4v) is 3.31. The third-order valence-electron chi connectivity index (χ3n) is 4.83. The average Bonchev–Trinajstić information content (AvgIpc) is 3.42. The van der Waals surface area contributed by atoms with Gasteiger partial charge in [0.05, 0.1) is 17.8 Å². The van der Waals surface area contributed by atoms with Gasteiger partial charge in [0.25, 0.3) is 0 Å². The zero-order valence-electron chi connectivity index (χ0n) is 16.0. The fraction of sp³-hybridized carbons (Fsp3) is 0.0870. The largest absolute Gasteiger partial charge is 0.369 e. The van der Waals surface area contributed by atoms with Crippen molar-refractivity contribution in [3.05, 3.63) is 90.0 Å². The number of benzene rings is 3. The molecular formula is C23H18FN5O. The predicted octanol–water partition coefficient (Wildman–Crippen LogP) is 4.87. The van der Waals surface area contributed by atoms with Crippen LogP contribution in [0.2, 0.25) is 0 Å². The van der Waals surface area contributed by atoms with E-state index in [4.69, 9.17) is 4.74 Å². The van der Waals surface area contributed by atoms with E-state index in [-0.39, 0.29) is 5.82 Å². The van der Waals surface area contributed by atoms with Gasteiger partial charge in [0.1, 0.15) is 12.4 Å². The molecule has 5 aromatic rings. The van der Waals surface area contributed by atoms with E-state index in [0.717, 1.165) is 33.3 Å². The van der Waals surface area contributed by atoms with Crippen molar-refractivity contribution >= 4 is 10.9 Å². The summed E-state index contributed by atoms with van der Waals surface area (Å²) in [7, 11) is 0. The molecule has 0 aliphatic carbocycles. The van der Waals surface area contributed by atoms with E-state index in [1.165, 1.54) is 12.1 Å². The molecule has 148 valence electrons. The minimum absolute atomic E-state index is 0.275. The first kappa shape index (κ1) is 18.2. The summed E-state index contributed by atoms with van der Waals surface area (Å²) in [5, 5.41) is 15.6. The van der Waals surface area contributed by atoms with Gasteiger partial charge in [0, 0.05) is 16.5 Å². The van der Waals surface area contributed by atoms with E-state index in [9.17, 15) is 4.39 Å². The monoisotopic (exact) mass is 399 g/mol. The Labute approximate surface area is 171 Å². The van der Waals surface area contributed by atoms with Crippen molar-refractivity contribution < 1.29 is 9.13 Å². The molecule has 2 aromatic heterocycles. The molecule has 0 spiro atoms. The lowest BCUT2D eigenvalue weighted by Gasteiger charge is -2.01. The molecule has 0 saturated carbocycles. The summed E-state index contributed by atoms with van der Waals surface area (Å²) < 4.78 is 19.0. The zero-order chi connectivity index (χ0) is 20.3. The minimum Gasteiger partial charge on any atom is -0.369 e. The van der Waals surface area contributed by atoms with Gasteiger partial charge in [-0.1, -0.05) is 30.3 Å². The van der Waals surface area contributed by atoms with Crippen molar-refractivity contribution in [2.45, 2.75) is 13.2 Å². The Balaban J connectivity index is 1.36. The van der Waals surface area contributed by atoms with Crippen LogP contribution in [0, 0.1) is 5.82 Å². The molecule has 0 atom stereocenters. The number of aromatic amines is 2. The van der Waals surface area contributed by atoms with Gasteiger partial charge in [-0.25, -0.2) is 9.37 Å². The molecule has 0 radical (unpaired) electrons. The van der Waals surface area contributed by atoms with Crippen LogP contribution in [0.1, 0.15) is 11.4 Å². The summed E-state index contributed by atoms with van der Waals surface area (Å²) in [5.74, 6) is 0.969. The van der Waals surface area contributed by atoms with E-state index in [2.05, 4.69) is 25.4 Å². The maximum atomic E-state index is 13.3. The third-order valence-corrected chi connectivity index (χ3v) is 4.83. The van der Waals surface area contributed by atoms with Crippen molar-refractivity contribution in [2.75, 3.05) is 0 Å². The molecule has 0 aliphatic heterocycles. The molecule has 0 unspecified atom stereocenters. The SMILES string of the molecule is Fc1ccc(-c2n[nH]c3ccc(-c4nc(COCc5ccccc5)n[nH]4)cc23)cc1. The van der Waals surface area contributed by atoms with Gasteiger partial charge in [0.15, 0.2) is 11.6 Å². The van der Waals surface area contributed by atoms with Crippen LogP contribution in [0.15, 0.2) is 72.8 Å². The fourth-order valence-electron chi connectivity index (χ4n) is 3.31. The average molecular weight is 399 g/mol. The van der Waals surface area contributed by atoms with Crippen LogP contribution in [0.25, 0.3) is 33.5 Å². The highest BCUT2D eigenvalue weighted by atomic mass is 19.1. The third kappa shape index (κ3) is 3.70. The van der Waals surface area contributed by atoms with Crippen LogP contribution in [0.3, 0.4) is 0 Å². The summed E-state index contributed by atoms with van der Waals surface area (Å²) >= 11 is 0. The van der Waals surface area contributed by atoms with Gasteiger partial charge in [-0.15, -0.1) is 0 Å². The molecule has 3 aromatic carbocycles. The van der Waals surface area contributed by atoms with Crippen molar-refractivity contribution in [3.63, 3.8) is 0 Å². The van der Waals surface area contributed by atoms with Crippen LogP contribution in [-0.2, 0) is 18.0 Å². The first-order valence-electron chi connectivity index (χ1n) is 9.54. The van der Waals surface area contributed by atoms with E-state index in [0.29, 0.717) is 24.9 Å². The molecule has 0 saturated heterocycles. The Morgan fingerprint density at radius 1 is 0.800 bits per heavy atom. The van der Waals surface area contributed by atoms with Gasteiger partial charge in [-0.2, -0.15) is 10.2 Å². The second-order valence-electron chi connectivity index (χ2n) is 6.92. The highest BCUT2D eigenvalue weighted by Gasteiger charge is 2.12. The van der Waals surface area contributed by atoms with Gasteiger partial charge in [-0.05, 0) is 48.0 Å². The Bertz CT molecular complexity index is 1280. The number of halogens is 1. The highest BCUT2D eigenvalue weighted by molar-refractivity contribution is 5.95. The summed E-state index contributed by atoms with van der Waals surface area (Å²) in [6.45, 7) is 0.826. The highest BCUT2D eigenvalue weighted by Crippen LogP contribution is 2.29. The number of hydrogen-bond donors (Lipinski definition) is 2. The molecule has 7 heteroatoms. The number of aromatic nitrogens is 5. The second kappa shape index (κ2) is 7.88. The smallest absolute Gasteiger partial charge is 0.176 e. The summed E-state index contributed by atoms with van der Waals surface area (Å²) in [6.07, 6.45) is 0. The van der Waals surface area contributed by atoms with Gasteiger partial charge < -0.3 is 4.74 Å². The van der Waals surface area contributed by atoms with Crippen molar-refractivity contribution in [1.29, 1.82) is 0 Å². The number of ether oxygens (including phenoxy) is 1. The standard InChI is InChI=1S/C23H18FN5O/c24-18-9-6-16(7-10-18)22-19-12-17(8-11-20(19)26-28-22)23-25-21(27-29-23)14-30-13-15-4-2-1-3-5-15/h1-12H,13-14H2,(H,26,28)(H,25,27,29). The normalized spacial score (nSPS) is 11.2. The van der Waals surface area contributed by atoms with Gasteiger partial charge in [0.2, 0.25) is 0 Å². The predicted molar refractivity (Wildman–Crippen MR) is 112 cm³/mol. The quantitative estimate of drug-likeness (QED) is 0.427. The molecule has 2 N–H and O–H groups in total. The Hall–Kier alpha value is -3.84. The van der Waals surface area contributed by atoms with Crippen molar-refractivity contribution in [3.8, 4) is 22.6 Å². The molecule has 0 aliphatic rings. The summed E-state index contributed by atoms with van der Waals surface area (Å²) in [4.78, 5) is 4.55. The van der Waals surface area contributed by atoms with Crippen molar-refractivity contribution in [1.82, 2.24) is 25.4 Å². The van der Waals surface area contributed by atoms with Crippen LogP contribution in [-0.4, -0.2) is 25.4 Å². The number of nitrogens with one attached hydrogen (secondary N) is 2. The van der Waals surface area contributed by atoms with E-state index >= 15 is 0 Å². The lowest BCUT2D eigenvalue weighted by molar-refractivity contribution is 0.102. The van der Waals surface area contributed by atoms with Crippen LogP contribution in [0.5, 0.6) is 0 Å². The number of nitrogens with zero attached hydrogens (tertiary/aromatic N) is 3. The Morgan fingerprint density at radius 3 is 2.43 bits per heavy atom. The van der Waals surface area contributed by atoms with Crippen LogP contribution in [0.4, 0.5) is 4.39 Å². The van der Waals surface area contributed by atoms with Gasteiger partial charge >= 0.3 is 0 Å². The van der Waals surface area contributed by atoms with E-state index in [1.54, 1.807) is 12.1 Å². The first-order valence-corrected chi connectivity index (χ1v) is 9.54. The number of H-pyrrole nitrogens is 2. The second-order valence-corrected chi connectivity index (χ2v) is 6.92. The summed E-state index contributed by atoms with van der Waals surface area (Å²) in [6, 6.07) is 22.1. The topological polar surface area (TPSA) is 79.5 Å². The van der Waals surface area contributed by atoms with Crippen molar-refractivity contribution in [2.24, 2.45) is 0 Å². The number of rotatable bonds is 6. The first-order chi connectivity index (χ1) is 14.8. The molecule has 0 fully saturated rings. The maximum absolute atomic E-state index is 13.3. The lowest BCUT2D eigenvalue weighted by atomic mass is 10.1. The van der Waals surface area contributed by atoms with Crippen LogP contribution < -0.4 is 0 Å². The maximum Gasteiger partial charge on any atom is 0.176 e. The summed E-state index contributed by atoms with van der Waals surface area (Å²) in [5.41, 5.74) is 4.48. The molecule has 5 rings (SSSR count). The molecule has 0 amide bonds. The van der Waals surface area contributed by atoms with Crippen LogP contribution >= 0.6 is 0 Å². The molecule has 0 bridgehead atoms. The zero-order valence-corrected chi connectivity index (χ0v) is 16.0. The van der Waals surface area contributed by atoms with E-state index < -0.39 is 0 Å². The molecule has 2 heterocycles. The minimum atomic E-state index is -0.275. The van der Waals surface area contributed by atoms with Gasteiger partial charge in [-0.3, -0.25) is 10.2 Å². The molecule has 30 heavy (non-hydrogen) atoms. The molecular weight excluding hydrogens is 381 g/mol. The Kier molecular flexibility index (Phi) is 4.78.